The van der Waals surface area contributed by atoms with Crippen molar-refractivity contribution in [3.05, 3.63) is 23.9 Å². The Morgan fingerprint density at radius 1 is 1.27 bits per heavy atom. The van der Waals surface area contributed by atoms with E-state index in [-0.39, 0.29) is 11.7 Å². The van der Waals surface area contributed by atoms with Crippen LogP contribution in [0.15, 0.2) is 18.3 Å². The molecule has 22 heavy (non-hydrogen) atoms. The lowest BCUT2D eigenvalue weighted by atomic mass is 10.2. The number of rotatable bonds is 2. The Hall–Kier alpha value is -1.92. The summed E-state index contributed by atoms with van der Waals surface area (Å²) in [5, 5.41) is 0. The highest BCUT2D eigenvalue weighted by atomic mass is 19.3. The molecule has 0 aliphatic carbocycles. The third-order valence-electron chi connectivity index (χ3n) is 3.28. The first-order valence-electron chi connectivity index (χ1n) is 7.23. The minimum Gasteiger partial charge on any atom is -0.444 e. The highest BCUT2D eigenvalue weighted by molar-refractivity contribution is 5.68. The number of aromatic nitrogens is 1. The van der Waals surface area contributed by atoms with E-state index in [1.807, 2.05) is 25.7 Å². The molecule has 0 N–H and O–H groups in total. The summed E-state index contributed by atoms with van der Waals surface area (Å²) < 4.78 is 30.8. The number of hydrogen-bond acceptors (Lipinski definition) is 4. The zero-order chi connectivity index (χ0) is 16.3. The summed E-state index contributed by atoms with van der Waals surface area (Å²) in [6.07, 6.45) is -1.47. The topological polar surface area (TPSA) is 45.7 Å². The van der Waals surface area contributed by atoms with Gasteiger partial charge in [0.25, 0.3) is 6.43 Å². The van der Waals surface area contributed by atoms with Crippen molar-refractivity contribution in [2.75, 3.05) is 31.1 Å². The van der Waals surface area contributed by atoms with E-state index in [0.717, 1.165) is 0 Å². The van der Waals surface area contributed by atoms with Crippen molar-refractivity contribution in [1.82, 2.24) is 9.88 Å². The summed E-state index contributed by atoms with van der Waals surface area (Å²) in [6.45, 7) is 7.51. The summed E-state index contributed by atoms with van der Waals surface area (Å²) in [5.41, 5.74) is -0.568. The molecule has 0 spiro atoms. The van der Waals surface area contributed by atoms with Crippen LogP contribution in [-0.4, -0.2) is 47.8 Å². The molecule has 0 saturated carbocycles. The minimum atomic E-state index is -2.51. The van der Waals surface area contributed by atoms with Crippen LogP contribution in [0.4, 0.5) is 19.4 Å². The standard InChI is InChI=1S/C15H21F2N3O2/c1-15(2,3)22-14(21)20-8-6-19(7-9-20)12-10-11(13(16)17)4-5-18-12/h4-5,10,13H,6-9H2,1-3H3. The number of anilines is 1. The van der Waals surface area contributed by atoms with Gasteiger partial charge in [-0.25, -0.2) is 18.6 Å². The molecule has 2 heterocycles. The van der Waals surface area contributed by atoms with Gasteiger partial charge < -0.3 is 14.5 Å². The zero-order valence-corrected chi connectivity index (χ0v) is 13.1. The lowest BCUT2D eigenvalue weighted by molar-refractivity contribution is 0.0240. The molecule has 0 unspecified atom stereocenters. The van der Waals surface area contributed by atoms with Crippen LogP contribution in [-0.2, 0) is 4.74 Å². The molecular weight excluding hydrogens is 292 g/mol. The first-order valence-corrected chi connectivity index (χ1v) is 7.23. The maximum absolute atomic E-state index is 12.7. The Kier molecular flexibility index (Phi) is 4.83. The smallest absolute Gasteiger partial charge is 0.410 e. The van der Waals surface area contributed by atoms with Crippen LogP contribution in [0.1, 0.15) is 32.8 Å². The van der Waals surface area contributed by atoms with Crippen molar-refractivity contribution < 1.29 is 18.3 Å². The van der Waals surface area contributed by atoms with Gasteiger partial charge in [0.1, 0.15) is 11.4 Å². The molecule has 1 aromatic heterocycles. The van der Waals surface area contributed by atoms with Crippen molar-refractivity contribution in [3.8, 4) is 0 Å². The summed E-state index contributed by atoms with van der Waals surface area (Å²) in [5.74, 6) is 0.515. The Morgan fingerprint density at radius 2 is 1.91 bits per heavy atom. The van der Waals surface area contributed by atoms with Crippen molar-refractivity contribution >= 4 is 11.9 Å². The van der Waals surface area contributed by atoms with E-state index >= 15 is 0 Å². The molecule has 0 aromatic carbocycles. The van der Waals surface area contributed by atoms with E-state index in [0.29, 0.717) is 32.0 Å². The van der Waals surface area contributed by atoms with Crippen LogP contribution < -0.4 is 4.90 Å². The second kappa shape index (κ2) is 6.46. The quantitative estimate of drug-likeness (QED) is 0.842. The molecule has 0 radical (unpaired) electrons. The van der Waals surface area contributed by atoms with Gasteiger partial charge >= 0.3 is 6.09 Å². The first kappa shape index (κ1) is 16.5. The average molecular weight is 313 g/mol. The fourth-order valence-corrected chi connectivity index (χ4v) is 2.19. The predicted molar refractivity (Wildman–Crippen MR) is 79.2 cm³/mol. The number of carbonyl (C=O) groups excluding carboxylic acids is 1. The summed E-state index contributed by atoms with van der Waals surface area (Å²) in [7, 11) is 0. The van der Waals surface area contributed by atoms with E-state index < -0.39 is 12.0 Å². The number of amides is 1. The van der Waals surface area contributed by atoms with Crippen LogP contribution in [0.2, 0.25) is 0 Å². The van der Waals surface area contributed by atoms with Gasteiger partial charge in [0, 0.05) is 37.9 Å². The molecule has 1 amide bonds. The van der Waals surface area contributed by atoms with Crippen molar-refractivity contribution in [2.24, 2.45) is 0 Å². The van der Waals surface area contributed by atoms with E-state index in [1.54, 1.807) is 4.90 Å². The van der Waals surface area contributed by atoms with Crippen molar-refractivity contribution in [3.63, 3.8) is 0 Å². The normalized spacial score (nSPS) is 16.1. The van der Waals surface area contributed by atoms with Crippen molar-refractivity contribution in [2.45, 2.75) is 32.8 Å². The molecule has 7 heteroatoms. The van der Waals surface area contributed by atoms with Crippen LogP contribution in [0, 0.1) is 0 Å². The largest absolute Gasteiger partial charge is 0.444 e. The fraction of sp³-hybridized carbons (Fsp3) is 0.600. The van der Waals surface area contributed by atoms with Gasteiger partial charge in [0.05, 0.1) is 0 Å². The predicted octanol–water partition coefficient (Wildman–Crippen LogP) is 3.08. The second-order valence-corrected chi connectivity index (χ2v) is 6.20. The van der Waals surface area contributed by atoms with Gasteiger partial charge in [-0.3, -0.25) is 0 Å². The van der Waals surface area contributed by atoms with Gasteiger partial charge in [0.15, 0.2) is 0 Å². The molecule has 0 atom stereocenters. The summed E-state index contributed by atoms with van der Waals surface area (Å²) in [4.78, 5) is 19.6. The van der Waals surface area contributed by atoms with Gasteiger partial charge in [-0.05, 0) is 32.9 Å². The van der Waals surface area contributed by atoms with Gasteiger partial charge in [-0.15, -0.1) is 0 Å². The van der Waals surface area contributed by atoms with E-state index in [2.05, 4.69) is 4.98 Å². The Morgan fingerprint density at radius 3 is 2.45 bits per heavy atom. The number of carbonyl (C=O) groups is 1. The molecule has 1 aliphatic heterocycles. The Bertz CT molecular complexity index is 524. The first-order chi connectivity index (χ1) is 10.3. The number of alkyl halides is 2. The molecule has 1 aromatic rings. The lowest BCUT2D eigenvalue weighted by Gasteiger charge is -2.36. The van der Waals surface area contributed by atoms with Gasteiger partial charge in [-0.2, -0.15) is 0 Å². The second-order valence-electron chi connectivity index (χ2n) is 6.20. The van der Waals surface area contributed by atoms with Crippen molar-refractivity contribution in [1.29, 1.82) is 0 Å². The van der Waals surface area contributed by atoms with Crippen LogP contribution in [0.25, 0.3) is 0 Å². The molecule has 1 aliphatic rings. The fourth-order valence-electron chi connectivity index (χ4n) is 2.19. The zero-order valence-electron chi connectivity index (χ0n) is 13.1. The number of ether oxygens (including phenoxy) is 1. The SMILES string of the molecule is CC(C)(C)OC(=O)N1CCN(c2cc(C(F)F)ccn2)CC1. The summed E-state index contributed by atoms with van der Waals surface area (Å²) in [6, 6.07) is 2.71. The number of pyridine rings is 1. The maximum Gasteiger partial charge on any atom is 0.410 e. The number of hydrogen-bond donors (Lipinski definition) is 0. The lowest BCUT2D eigenvalue weighted by Crippen LogP contribution is -2.50. The number of halogens is 2. The molecule has 122 valence electrons. The molecule has 1 fully saturated rings. The molecular formula is C15H21F2N3O2. The van der Waals surface area contributed by atoms with E-state index in [9.17, 15) is 13.6 Å². The molecule has 5 nitrogen and oxygen atoms in total. The number of nitrogens with zero attached hydrogens (tertiary/aromatic N) is 3. The number of piperazine rings is 1. The molecule has 1 saturated heterocycles. The molecule has 2 rings (SSSR count). The van der Waals surface area contributed by atoms with Crippen LogP contribution in [0.5, 0.6) is 0 Å². The monoisotopic (exact) mass is 313 g/mol. The third-order valence-corrected chi connectivity index (χ3v) is 3.28. The van der Waals surface area contributed by atoms with Gasteiger partial charge in [-0.1, -0.05) is 0 Å². The van der Waals surface area contributed by atoms with Crippen LogP contribution >= 0.6 is 0 Å². The van der Waals surface area contributed by atoms with E-state index in [4.69, 9.17) is 4.74 Å². The third kappa shape index (κ3) is 4.29. The minimum absolute atomic E-state index is 0.0421. The highest BCUT2D eigenvalue weighted by Gasteiger charge is 2.26. The average Bonchev–Trinajstić information content (AvgIpc) is 2.46. The summed E-state index contributed by atoms with van der Waals surface area (Å²) >= 11 is 0. The van der Waals surface area contributed by atoms with E-state index in [1.165, 1.54) is 18.3 Å². The maximum atomic E-state index is 12.7. The Balaban J connectivity index is 1.95. The highest BCUT2D eigenvalue weighted by Crippen LogP contribution is 2.23. The molecule has 0 bridgehead atoms. The Labute approximate surface area is 128 Å². The van der Waals surface area contributed by atoms with Gasteiger partial charge in [0.2, 0.25) is 0 Å². The van der Waals surface area contributed by atoms with Crippen LogP contribution in [0.3, 0.4) is 0 Å².